The highest BCUT2D eigenvalue weighted by molar-refractivity contribution is 5.76. The molecule has 6 heteroatoms. The van der Waals surface area contributed by atoms with E-state index in [1.807, 2.05) is 0 Å². The minimum absolute atomic E-state index is 0.0200. The van der Waals surface area contributed by atoms with E-state index in [-0.39, 0.29) is 18.5 Å². The quantitative estimate of drug-likeness (QED) is 0.0320. The molecule has 6 nitrogen and oxygen atoms in total. The maximum atomic E-state index is 12.5. The molecule has 2 atom stereocenters. The van der Waals surface area contributed by atoms with Gasteiger partial charge in [0.2, 0.25) is 5.91 Å². The molecule has 0 aliphatic carbocycles. The molecule has 0 aromatic heterocycles. The smallest absolute Gasteiger partial charge is 0.305 e. The molecule has 0 aliphatic heterocycles. The van der Waals surface area contributed by atoms with Crippen LogP contribution in [0.25, 0.3) is 0 Å². The van der Waals surface area contributed by atoms with Crippen LogP contribution in [0.2, 0.25) is 0 Å². The van der Waals surface area contributed by atoms with E-state index in [1.165, 1.54) is 302 Å². The number of amides is 1. The fraction of sp³-hybridized carbons (Fsp3) is 0.939. The number of carbonyl (C=O) groups is 2. The third kappa shape index (κ3) is 57.9. The standard InChI is InChI=1S/C66H129NO5/c1-3-5-7-9-11-13-15-16-32-36-40-44-48-52-56-60-66(71)72-61-57-53-49-45-41-37-34-31-29-27-25-23-21-19-17-18-20-22-24-26-28-30-33-35-39-43-47-51-55-59-65(70)67-63(62-68)64(69)58-54-50-46-42-38-14-12-10-8-6-4-2/h17,19,63-64,68-69H,3-16,18,20-62H2,1-2H3,(H,67,70)/b19-17-. The summed E-state index contributed by atoms with van der Waals surface area (Å²) in [6, 6.07) is -0.538. The van der Waals surface area contributed by atoms with Gasteiger partial charge in [-0.1, -0.05) is 321 Å². The lowest BCUT2D eigenvalue weighted by molar-refractivity contribution is -0.143. The molecule has 0 bridgehead atoms. The molecule has 0 aromatic carbocycles. The zero-order valence-electron chi connectivity index (χ0n) is 48.9. The summed E-state index contributed by atoms with van der Waals surface area (Å²) in [5.74, 6) is -0.0132. The average Bonchev–Trinajstić information content (AvgIpc) is 3.38. The molecule has 2 unspecified atom stereocenters. The summed E-state index contributed by atoms with van der Waals surface area (Å²) < 4.78 is 5.50. The molecule has 0 rings (SSSR count). The molecule has 0 saturated heterocycles. The third-order valence-corrected chi connectivity index (χ3v) is 15.6. The molecule has 0 aromatic rings. The van der Waals surface area contributed by atoms with Crippen LogP contribution in [0.5, 0.6) is 0 Å². The summed E-state index contributed by atoms with van der Waals surface area (Å²) in [6.45, 7) is 4.97. The Morgan fingerprint density at radius 3 is 0.986 bits per heavy atom. The lowest BCUT2D eigenvalue weighted by Gasteiger charge is -2.22. The molecule has 0 aliphatic rings. The van der Waals surface area contributed by atoms with Gasteiger partial charge in [0.05, 0.1) is 25.4 Å². The van der Waals surface area contributed by atoms with Crippen molar-refractivity contribution in [1.29, 1.82) is 0 Å². The van der Waals surface area contributed by atoms with Gasteiger partial charge < -0.3 is 20.3 Å². The molecular weight excluding hydrogens is 887 g/mol. The summed E-state index contributed by atoms with van der Waals surface area (Å²) in [7, 11) is 0. The highest BCUT2D eigenvalue weighted by Crippen LogP contribution is 2.18. The zero-order chi connectivity index (χ0) is 52.2. The summed E-state index contributed by atoms with van der Waals surface area (Å²) >= 11 is 0. The van der Waals surface area contributed by atoms with Gasteiger partial charge in [0, 0.05) is 12.8 Å². The monoisotopic (exact) mass is 1020 g/mol. The second-order valence-corrected chi connectivity index (χ2v) is 22.8. The van der Waals surface area contributed by atoms with Crippen LogP contribution >= 0.6 is 0 Å². The van der Waals surface area contributed by atoms with Crippen LogP contribution in [0.1, 0.15) is 373 Å². The first-order valence-corrected chi connectivity index (χ1v) is 32.9. The number of ether oxygens (including phenoxy) is 1. The number of nitrogens with one attached hydrogen (secondary N) is 1. The van der Waals surface area contributed by atoms with Gasteiger partial charge in [-0.05, 0) is 51.4 Å². The Labute approximate surface area is 450 Å². The average molecular weight is 1020 g/mol. The van der Waals surface area contributed by atoms with Crippen molar-refractivity contribution in [3.8, 4) is 0 Å². The molecule has 0 saturated carbocycles. The van der Waals surface area contributed by atoms with E-state index in [0.29, 0.717) is 25.9 Å². The van der Waals surface area contributed by atoms with Gasteiger partial charge in [-0.15, -0.1) is 0 Å². The Morgan fingerprint density at radius 2 is 0.653 bits per heavy atom. The van der Waals surface area contributed by atoms with Crippen molar-refractivity contribution in [2.45, 2.75) is 386 Å². The molecule has 0 fully saturated rings. The van der Waals surface area contributed by atoms with Gasteiger partial charge in [-0.25, -0.2) is 0 Å². The molecule has 1 amide bonds. The number of esters is 1. The Balaban J connectivity index is 3.33. The first-order valence-electron chi connectivity index (χ1n) is 32.9. The van der Waals surface area contributed by atoms with E-state index in [0.717, 1.165) is 38.5 Å². The van der Waals surface area contributed by atoms with Crippen LogP contribution < -0.4 is 5.32 Å². The van der Waals surface area contributed by atoms with Crippen LogP contribution in [-0.4, -0.2) is 47.4 Å². The molecule has 72 heavy (non-hydrogen) atoms. The largest absolute Gasteiger partial charge is 0.466 e. The lowest BCUT2D eigenvalue weighted by atomic mass is 10.0. The maximum absolute atomic E-state index is 12.5. The maximum Gasteiger partial charge on any atom is 0.305 e. The van der Waals surface area contributed by atoms with Crippen LogP contribution in [-0.2, 0) is 14.3 Å². The number of aliphatic hydroxyl groups excluding tert-OH is 2. The van der Waals surface area contributed by atoms with Crippen molar-refractivity contribution in [3.63, 3.8) is 0 Å². The molecule has 428 valence electrons. The van der Waals surface area contributed by atoms with Crippen LogP contribution in [0.3, 0.4) is 0 Å². The number of hydrogen-bond donors (Lipinski definition) is 3. The fourth-order valence-corrected chi connectivity index (χ4v) is 10.5. The van der Waals surface area contributed by atoms with Gasteiger partial charge in [0.15, 0.2) is 0 Å². The second-order valence-electron chi connectivity index (χ2n) is 22.8. The number of allylic oxidation sites excluding steroid dienone is 2. The van der Waals surface area contributed by atoms with Crippen LogP contribution in [0.15, 0.2) is 12.2 Å². The molecule has 0 radical (unpaired) electrons. The summed E-state index contributed by atoms with van der Waals surface area (Å²) in [5.41, 5.74) is 0. The number of carbonyl (C=O) groups excluding carboxylic acids is 2. The minimum Gasteiger partial charge on any atom is -0.466 e. The predicted molar refractivity (Wildman–Crippen MR) is 315 cm³/mol. The SMILES string of the molecule is CCCCCCCCCCCCCCCCCC(=O)OCCCCCCCCCCCCCC/C=C\CCCCCCCCCCCCCCCC(=O)NC(CO)C(O)CCCCCCCCCCCCC. The van der Waals surface area contributed by atoms with Crippen molar-refractivity contribution < 1.29 is 24.5 Å². The van der Waals surface area contributed by atoms with Crippen molar-refractivity contribution in [2.75, 3.05) is 13.2 Å². The Morgan fingerprint density at radius 1 is 0.375 bits per heavy atom. The van der Waals surface area contributed by atoms with Gasteiger partial charge in [0.25, 0.3) is 0 Å². The summed E-state index contributed by atoms with van der Waals surface area (Å²) in [4.78, 5) is 24.5. The fourth-order valence-electron chi connectivity index (χ4n) is 10.5. The number of hydrogen-bond acceptors (Lipinski definition) is 5. The molecule has 0 heterocycles. The molecular formula is C66H129NO5. The third-order valence-electron chi connectivity index (χ3n) is 15.6. The van der Waals surface area contributed by atoms with E-state index in [1.54, 1.807) is 0 Å². The van der Waals surface area contributed by atoms with E-state index in [2.05, 4.69) is 31.3 Å². The van der Waals surface area contributed by atoms with Crippen LogP contribution in [0, 0.1) is 0 Å². The van der Waals surface area contributed by atoms with Crippen molar-refractivity contribution in [3.05, 3.63) is 12.2 Å². The Hall–Kier alpha value is -1.40. The highest BCUT2D eigenvalue weighted by Gasteiger charge is 2.20. The normalized spacial score (nSPS) is 12.6. The minimum atomic E-state index is -0.661. The first kappa shape index (κ1) is 70.6. The second kappa shape index (κ2) is 62.1. The van der Waals surface area contributed by atoms with Gasteiger partial charge in [0.1, 0.15) is 0 Å². The lowest BCUT2D eigenvalue weighted by Crippen LogP contribution is -2.45. The first-order chi connectivity index (χ1) is 35.5. The number of aliphatic hydroxyl groups is 2. The van der Waals surface area contributed by atoms with Crippen molar-refractivity contribution in [2.24, 2.45) is 0 Å². The van der Waals surface area contributed by atoms with Gasteiger partial charge in [-0.3, -0.25) is 9.59 Å². The number of unbranched alkanes of at least 4 members (excludes halogenated alkanes) is 49. The summed E-state index contributed by atoms with van der Waals surface area (Å²) in [6.07, 6.45) is 75.4. The molecule has 0 spiro atoms. The molecule has 3 N–H and O–H groups in total. The zero-order valence-corrected chi connectivity index (χ0v) is 48.9. The van der Waals surface area contributed by atoms with E-state index >= 15 is 0 Å². The van der Waals surface area contributed by atoms with Gasteiger partial charge in [-0.2, -0.15) is 0 Å². The van der Waals surface area contributed by atoms with E-state index < -0.39 is 12.1 Å². The Bertz CT molecular complexity index is 1080. The highest BCUT2D eigenvalue weighted by atomic mass is 16.5. The topological polar surface area (TPSA) is 95.9 Å². The predicted octanol–water partition coefficient (Wildman–Crippen LogP) is 20.8. The van der Waals surface area contributed by atoms with Crippen molar-refractivity contribution in [1.82, 2.24) is 5.32 Å². The van der Waals surface area contributed by atoms with Gasteiger partial charge >= 0.3 is 5.97 Å². The van der Waals surface area contributed by atoms with E-state index in [4.69, 9.17) is 4.74 Å². The van der Waals surface area contributed by atoms with E-state index in [9.17, 15) is 19.8 Å². The number of rotatable bonds is 62. The van der Waals surface area contributed by atoms with Crippen molar-refractivity contribution >= 4 is 11.9 Å². The summed E-state index contributed by atoms with van der Waals surface area (Å²) in [5, 5.41) is 23.2. The Kier molecular flexibility index (Phi) is 60.9. The van der Waals surface area contributed by atoms with Crippen LogP contribution in [0.4, 0.5) is 0 Å².